The van der Waals surface area contributed by atoms with Gasteiger partial charge in [0.1, 0.15) is 11.5 Å². The third-order valence-electron chi connectivity index (χ3n) is 4.57. The number of rotatable bonds is 8. The van der Waals surface area contributed by atoms with Crippen LogP contribution < -0.4 is 21.5 Å². The van der Waals surface area contributed by atoms with E-state index in [4.69, 9.17) is 28.9 Å². The van der Waals surface area contributed by atoms with Gasteiger partial charge in [-0.25, -0.2) is 0 Å². The molecule has 0 aromatic carbocycles. The van der Waals surface area contributed by atoms with Crippen LogP contribution in [0.1, 0.15) is 38.2 Å². The molecule has 1 saturated heterocycles. The maximum absolute atomic E-state index is 13.1. The number of halogens is 3. The Balaban J connectivity index is 2.09. The molecule has 178 valence electrons. The number of thiocarbonyl (C=S) groups is 2. The highest BCUT2D eigenvalue weighted by Crippen LogP contribution is 2.33. The Hall–Kier alpha value is -2.25. The minimum absolute atomic E-state index is 0.0355. The number of hydrogen-bond donors (Lipinski definition) is 4. The molecule has 1 atom stereocenters. The normalized spacial score (nSPS) is 17.9. The van der Waals surface area contributed by atoms with E-state index in [1.54, 1.807) is 17.0 Å². The lowest BCUT2D eigenvalue weighted by Gasteiger charge is -2.33. The molecular formula is C19H28F3N7OS2. The summed E-state index contributed by atoms with van der Waals surface area (Å²) in [6.45, 7) is 5.91. The van der Waals surface area contributed by atoms with Crippen LogP contribution in [0.3, 0.4) is 0 Å². The maximum Gasteiger partial charge on any atom is 0.393 e. The topological polar surface area (TPSA) is 89.2 Å². The minimum Gasteiger partial charge on any atom is -0.458 e. The van der Waals surface area contributed by atoms with Gasteiger partial charge in [-0.05, 0) is 69.8 Å². The van der Waals surface area contributed by atoms with Crippen molar-refractivity contribution in [3.8, 4) is 0 Å². The van der Waals surface area contributed by atoms with Gasteiger partial charge in [0.05, 0.1) is 18.7 Å². The summed E-state index contributed by atoms with van der Waals surface area (Å²) in [5, 5.41) is 14.7. The Morgan fingerprint density at radius 3 is 2.53 bits per heavy atom. The van der Waals surface area contributed by atoms with E-state index in [2.05, 4.69) is 31.7 Å². The van der Waals surface area contributed by atoms with Crippen LogP contribution in [0, 0.1) is 5.92 Å². The Bertz CT molecular complexity index is 826. The average Bonchev–Trinajstić information content (AvgIpc) is 3.18. The van der Waals surface area contributed by atoms with Gasteiger partial charge in [-0.1, -0.05) is 0 Å². The molecule has 4 N–H and O–H groups in total. The number of furan rings is 1. The molecule has 13 heteroatoms. The van der Waals surface area contributed by atoms with Gasteiger partial charge >= 0.3 is 6.18 Å². The van der Waals surface area contributed by atoms with Gasteiger partial charge in [-0.2, -0.15) is 23.4 Å². The number of likely N-dealkylation sites (tertiary alicyclic amines) is 1. The molecule has 1 unspecified atom stereocenters. The number of alkyl halides is 3. The van der Waals surface area contributed by atoms with Crippen molar-refractivity contribution in [1.29, 1.82) is 0 Å². The van der Waals surface area contributed by atoms with Gasteiger partial charge in [0, 0.05) is 19.6 Å². The van der Waals surface area contributed by atoms with Crippen molar-refractivity contribution in [1.82, 2.24) is 26.4 Å². The van der Waals surface area contributed by atoms with Gasteiger partial charge < -0.3 is 15.1 Å². The fourth-order valence-corrected chi connectivity index (χ4v) is 3.49. The summed E-state index contributed by atoms with van der Waals surface area (Å²) in [6, 6.07) is 3.40. The third kappa shape index (κ3) is 8.71. The van der Waals surface area contributed by atoms with E-state index in [9.17, 15) is 13.2 Å². The number of hydrazone groups is 2. The number of piperidine rings is 1. The van der Waals surface area contributed by atoms with Gasteiger partial charge in [-0.3, -0.25) is 15.8 Å². The SMILES string of the molecule is CCNC(=S)N/N=C(/C=N/NC(=S)NCC)c1ccc(CN2CCCC(C(F)(F)F)C2)o1. The molecule has 32 heavy (non-hydrogen) atoms. The zero-order chi connectivity index (χ0) is 23.6. The molecule has 0 amide bonds. The van der Waals surface area contributed by atoms with Crippen LogP contribution >= 0.6 is 24.4 Å². The first-order chi connectivity index (χ1) is 15.2. The van der Waals surface area contributed by atoms with Gasteiger partial charge in [-0.15, -0.1) is 0 Å². The summed E-state index contributed by atoms with van der Waals surface area (Å²) in [4.78, 5) is 1.75. The van der Waals surface area contributed by atoms with Crippen LogP contribution in [0.4, 0.5) is 13.2 Å². The van der Waals surface area contributed by atoms with Crippen LogP contribution in [0.25, 0.3) is 0 Å². The summed E-state index contributed by atoms with van der Waals surface area (Å²) in [5.74, 6) is -0.386. The summed E-state index contributed by atoms with van der Waals surface area (Å²) in [5.41, 5.74) is 5.70. The second-order valence-corrected chi connectivity index (χ2v) is 7.90. The summed E-state index contributed by atoms with van der Waals surface area (Å²) in [6.07, 6.45) is -2.11. The van der Waals surface area contributed by atoms with Crippen molar-refractivity contribution >= 4 is 46.6 Å². The Kier molecular flexibility index (Phi) is 10.3. The van der Waals surface area contributed by atoms with E-state index < -0.39 is 12.1 Å². The molecule has 0 bridgehead atoms. The van der Waals surface area contributed by atoms with Crippen LogP contribution in [0.5, 0.6) is 0 Å². The number of nitrogens with one attached hydrogen (secondary N) is 4. The number of hydrogen-bond acceptors (Lipinski definition) is 6. The monoisotopic (exact) mass is 491 g/mol. The average molecular weight is 492 g/mol. The van der Waals surface area contributed by atoms with Crippen molar-refractivity contribution in [3.05, 3.63) is 23.7 Å². The molecule has 0 spiro atoms. The standard InChI is InChI=1S/C19H28F3N7OS2/c1-3-23-17(31)27-25-10-15(26-28-18(32)24-4-2)16-8-7-14(30-16)12-29-9-5-6-13(11-29)19(20,21)22/h7-8,10,13H,3-6,9,11-12H2,1-2H3,(H2,23,27,31)(H2,24,28,32)/b25-10+,26-15-. The highest BCUT2D eigenvalue weighted by molar-refractivity contribution is 7.80. The van der Waals surface area contributed by atoms with Crippen LogP contribution in [0.15, 0.2) is 26.8 Å². The Labute approximate surface area is 196 Å². The summed E-state index contributed by atoms with van der Waals surface area (Å²) in [7, 11) is 0. The third-order valence-corrected chi connectivity index (χ3v) is 5.04. The van der Waals surface area contributed by atoms with Crippen molar-refractivity contribution in [2.75, 3.05) is 26.2 Å². The highest BCUT2D eigenvalue weighted by Gasteiger charge is 2.41. The molecule has 0 radical (unpaired) electrons. The second-order valence-electron chi connectivity index (χ2n) is 7.08. The summed E-state index contributed by atoms with van der Waals surface area (Å²) >= 11 is 10.2. The molecule has 1 aromatic rings. The van der Waals surface area contributed by atoms with Crippen molar-refractivity contribution in [2.24, 2.45) is 16.1 Å². The molecule has 1 aliphatic heterocycles. The molecule has 1 fully saturated rings. The predicted octanol–water partition coefficient (Wildman–Crippen LogP) is 2.71. The largest absolute Gasteiger partial charge is 0.458 e. The van der Waals surface area contributed by atoms with Crippen LogP contribution in [-0.2, 0) is 6.54 Å². The van der Waals surface area contributed by atoms with Gasteiger partial charge in [0.15, 0.2) is 16.0 Å². The first-order valence-electron chi connectivity index (χ1n) is 10.3. The van der Waals surface area contributed by atoms with Crippen LogP contribution in [0.2, 0.25) is 0 Å². The lowest BCUT2D eigenvalue weighted by atomic mass is 9.97. The fraction of sp³-hybridized carbons (Fsp3) is 0.579. The molecule has 8 nitrogen and oxygen atoms in total. The molecule has 0 saturated carbocycles. The van der Waals surface area contributed by atoms with Crippen LogP contribution in [-0.4, -0.2) is 59.4 Å². The fourth-order valence-electron chi connectivity index (χ4n) is 3.10. The van der Waals surface area contributed by atoms with Gasteiger partial charge in [0.25, 0.3) is 0 Å². The molecule has 0 aliphatic carbocycles. The zero-order valence-corrected chi connectivity index (χ0v) is 19.6. The van der Waals surface area contributed by atoms with Crippen molar-refractivity contribution in [2.45, 2.75) is 39.4 Å². The molecular weight excluding hydrogens is 463 g/mol. The zero-order valence-electron chi connectivity index (χ0n) is 18.0. The first-order valence-corrected chi connectivity index (χ1v) is 11.1. The molecule has 2 rings (SSSR count). The van der Waals surface area contributed by atoms with E-state index >= 15 is 0 Å². The summed E-state index contributed by atoms with van der Waals surface area (Å²) < 4.78 is 45.0. The van der Waals surface area contributed by atoms with E-state index in [1.807, 2.05) is 13.8 Å². The van der Waals surface area contributed by atoms with E-state index in [1.165, 1.54) is 6.21 Å². The van der Waals surface area contributed by atoms with Gasteiger partial charge in [0.2, 0.25) is 0 Å². The first kappa shape index (κ1) is 26.0. The van der Waals surface area contributed by atoms with E-state index in [0.29, 0.717) is 53.5 Å². The molecule has 2 heterocycles. The minimum atomic E-state index is -4.18. The maximum atomic E-state index is 13.1. The second kappa shape index (κ2) is 12.7. The smallest absolute Gasteiger partial charge is 0.393 e. The highest BCUT2D eigenvalue weighted by atomic mass is 32.1. The lowest BCUT2D eigenvalue weighted by molar-refractivity contribution is -0.187. The molecule has 1 aliphatic rings. The van der Waals surface area contributed by atoms with E-state index in [0.717, 1.165) is 0 Å². The van der Waals surface area contributed by atoms with Crippen molar-refractivity contribution in [3.63, 3.8) is 0 Å². The predicted molar refractivity (Wildman–Crippen MR) is 127 cm³/mol. The lowest BCUT2D eigenvalue weighted by Crippen LogP contribution is -2.41. The molecule has 1 aromatic heterocycles. The van der Waals surface area contributed by atoms with E-state index in [-0.39, 0.29) is 19.5 Å². The quantitative estimate of drug-likeness (QED) is 0.251. The number of nitrogens with zero attached hydrogens (tertiary/aromatic N) is 3. The Morgan fingerprint density at radius 1 is 1.19 bits per heavy atom. The Morgan fingerprint density at radius 2 is 1.88 bits per heavy atom. The van der Waals surface area contributed by atoms with Crippen molar-refractivity contribution < 1.29 is 17.6 Å².